The Morgan fingerprint density at radius 1 is 1.00 bits per heavy atom. The number of ether oxygens (including phenoxy) is 1. The Morgan fingerprint density at radius 2 is 1.71 bits per heavy atom. The van der Waals surface area contributed by atoms with Gasteiger partial charge in [0.1, 0.15) is 5.58 Å². The molecule has 0 aliphatic heterocycles. The van der Waals surface area contributed by atoms with Crippen molar-refractivity contribution in [3.8, 4) is 17.1 Å². The predicted molar refractivity (Wildman–Crippen MR) is 135 cm³/mol. The summed E-state index contributed by atoms with van der Waals surface area (Å²) in [7, 11) is 0. The van der Waals surface area contributed by atoms with Crippen molar-refractivity contribution in [2.24, 2.45) is 0 Å². The Morgan fingerprint density at radius 3 is 2.38 bits per heavy atom. The topological polar surface area (TPSA) is 68.5 Å². The first kappa shape index (κ1) is 23.6. The summed E-state index contributed by atoms with van der Waals surface area (Å²) in [6, 6.07) is 22.2. The highest BCUT2D eigenvalue weighted by Crippen LogP contribution is 2.33. The van der Waals surface area contributed by atoms with Gasteiger partial charge in [0, 0.05) is 17.1 Å². The van der Waals surface area contributed by atoms with Crippen LogP contribution in [0.15, 0.2) is 82.0 Å². The van der Waals surface area contributed by atoms with Crippen molar-refractivity contribution in [2.75, 3.05) is 6.61 Å². The van der Waals surface area contributed by atoms with Gasteiger partial charge in [-0.2, -0.15) is 0 Å². The SMILES string of the molecule is CC(C)(C)c1ccc(-c2oc3ccc(Cl)cc3c(=O)c2OCC(=O)NCc2ccccc2)cc1. The second kappa shape index (κ2) is 9.74. The van der Waals surface area contributed by atoms with Crippen LogP contribution in [-0.4, -0.2) is 12.5 Å². The molecular formula is C28H26ClNO4. The molecule has 6 heteroatoms. The van der Waals surface area contributed by atoms with Crippen LogP contribution in [0.2, 0.25) is 5.02 Å². The molecule has 5 nitrogen and oxygen atoms in total. The van der Waals surface area contributed by atoms with E-state index in [0.717, 1.165) is 11.1 Å². The number of carbonyl (C=O) groups is 1. The van der Waals surface area contributed by atoms with Gasteiger partial charge in [0.2, 0.25) is 11.2 Å². The highest BCUT2D eigenvalue weighted by atomic mass is 35.5. The van der Waals surface area contributed by atoms with Gasteiger partial charge >= 0.3 is 0 Å². The van der Waals surface area contributed by atoms with Gasteiger partial charge in [-0.15, -0.1) is 0 Å². The largest absolute Gasteiger partial charge is 0.476 e. The van der Waals surface area contributed by atoms with E-state index in [2.05, 4.69) is 26.1 Å². The van der Waals surface area contributed by atoms with Crippen LogP contribution in [0.3, 0.4) is 0 Å². The second-order valence-corrected chi connectivity index (χ2v) is 9.54. The number of carbonyl (C=O) groups excluding carboxylic acids is 1. The summed E-state index contributed by atoms with van der Waals surface area (Å²) in [5.41, 5.74) is 2.79. The quantitative estimate of drug-likeness (QED) is 0.365. The molecule has 4 aromatic rings. The first-order valence-corrected chi connectivity index (χ1v) is 11.4. The lowest BCUT2D eigenvalue weighted by atomic mass is 9.86. The number of hydrogen-bond acceptors (Lipinski definition) is 4. The van der Waals surface area contributed by atoms with Gasteiger partial charge in [-0.3, -0.25) is 9.59 Å². The Kier molecular flexibility index (Phi) is 6.75. The number of nitrogens with one attached hydrogen (secondary N) is 1. The lowest BCUT2D eigenvalue weighted by Crippen LogP contribution is -2.29. The Bertz CT molecular complexity index is 1370. The summed E-state index contributed by atoms with van der Waals surface area (Å²) in [6.07, 6.45) is 0. The minimum atomic E-state index is -0.380. The third-order valence-corrected chi connectivity index (χ3v) is 5.74. The van der Waals surface area contributed by atoms with Crippen LogP contribution in [0.5, 0.6) is 5.75 Å². The molecule has 1 N–H and O–H groups in total. The molecule has 0 saturated heterocycles. The normalized spacial score (nSPS) is 11.4. The number of hydrogen-bond donors (Lipinski definition) is 1. The van der Waals surface area contributed by atoms with Crippen LogP contribution in [-0.2, 0) is 16.8 Å². The van der Waals surface area contributed by atoms with E-state index in [1.165, 1.54) is 6.07 Å². The summed E-state index contributed by atoms with van der Waals surface area (Å²) >= 11 is 6.10. The fourth-order valence-electron chi connectivity index (χ4n) is 3.58. The van der Waals surface area contributed by atoms with Crippen molar-refractivity contribution in [1.29, 1.82) is 0 Å². The summed E-state index contributed by atoms with van der Waals surface area (Å²) in [5.74, 6) is -0.0900. The first-order valence-electron chi connectivity index (χ1n) is 11.0. The Hall–Kier alpha value is -3.57. The number of halogens is 1. The first-order chi connectivity index (χ1) is 16.2. The fraction of sp³-hybridized carbons (Fsp3) is 0.214. The minimum absolute atomic E-state index is 0.0182. The summed E-state index contributed by atoms with van der Waals surface area (Å²) in [4.78, 5) is 25.7. The highest BCUT2D eigenvalue weighted by Gasteiger charge is 2.20. The van der Waals surface area contributed by atoms with Crippen LogP contribution >= 0.6 is 11.6 Å². The standard InChI is InChI=1S/C28H26ClNO4/c1-28(2,3)20-11-9-19(10-12-20)26-27(25(32)22-15-21(29)13-14-23(22)34-26)33-17-24(31)30-16-18-7-5-4-6-8-18/h4-15H,16-17H2,1-3H3,(H,30,31). The molecule has 34 heavy (non-hydrogen) atoms. The van der Waals surface area contributed by atoms with E-state index >= 15 is 0 Å². The molecule has 0 atom stereocenters. The van der Waals surface area contributed by atoms with E-state index in [0.29, 0.717) is 28.1 Å². The van der Waals surface area contributed by atoms with Crippen LogP contribution in [0.25, 0.3) is 22.3 Å². The zero-order chi connectivity index (χ0) is 24.3. The molecule has 0 saturated carbocycles. The van der Waals surface area contributed by atoms with Crippen LogP contribution < -0.4 is 15.5 Å². The van der Waals surface area contributed by atoms with Crippen molar-refractivity contribution in [3.63, 3.8) is 0 Å². The molecule has 0 fully saturated rings. The van der Waals surface area contributed by atoms with E-state index in [1.54, 1.807) is 12.1 Å². The second-order valence-electron chi connectivity index (χ2n) is 9.11. The average molecular weight is 476 g/mol. The fourth-order valence-corrected chi connectivity index (χ4v) is 3.75. The van der Waals surface area contributed by atoms with Gasteiger partial charge in [-0.25, -0.2) is 0 Å². The molecule has 0 aliphatic carbocycles. The van der Waals surface area contributed by atoms with Crippen LogP contribution in [0.1, 0.15) is 31.9 Å². The molecule has 1 aromatic heterocycles. The van der Waals surface area contributed by atoms with Gasteiger partial charge in [0.15, 0.2) is 12.4 Å². The number of rotatable bonds is 6. The van der Waals surface area contributed by atoms with E-state index in [-0.39, 0.29) is 34.9 Å². The van der Waals surface area contributed by atoms with E-state index in [1.807, 2.05) is 54.6 Å². The Labute approximate surface area is 203 Å². The molecule has 0 bridgehead atoms. The van der Waals surface area contributed by atoms with E-state index in [4.69, 9.17) is 20.8 Å². The molecule has 0 unspecified atom stereocenters. The summed E-state index contributed by atoms with van der Waals surface area (Å²) in [5, 5.41) is 3.51. The minimum Gasteiger partial charge on any atom is -0.476 e. The van der Waals surface area contributed by atoms with Gasteiger partial charge in [0.05, 0.1) is 5.39 Å². The summed E-state index contributed by atoms with van der Waals surface area (Å²) in [6.45, 7) is 6.43. The lowest BCUT2D eigenvalue weighted by molar-refractivity contribution is -0.123. The van der Waals surface area contributed by atoms with Crippen molar-refractivity contribution in [3.05, 3.63) is 99.2 Å². The summed E-state index contributed by atoms with van der Waals surface area (Å²) < 4.78 is 11.8. The maximum Gasteiger partial charge on any atom is 0.258 e. The van der Waals surface area contributed by atoms with E-state index < -0.39 is 0 Å². The molecule has 174 valence electrons. The van der Waals surface area contributed by atoms with Gasteiger partial charge in [-0.05, 0) is 34.7 Å². The van der Waals surface area contributed by atoms with E-state index in [9.17, 15) is 9.59 Å². The van der Waals surface area contributed by atoms with Crippen molar-refractivity contribution in [1.82, 2.24) is 5.32 Å². The van der Waals surface area contributed by atoms with Crippen LogP contribution in [0, 0.1) is 0 Å². The van der Waals surface area contributed by atoms with Crippen molar-refractivity contribution >= 4 is 28.5 Å². The zero-order valence-corrected chi connectivity index (χ0v) is 20.1. The lowest BCUT2D eigenvalue weighted by Gasteiger charge is -2.19. The molecule has 3 aromatic carbocycles. The van der Waals surface area contributed by atoms with Gasteiger partial charge < -0.3 is 14.5 Å². The smallest absolute Gasteiger partial charge is 0.258 e. The van der Waals surface area contributed by atoms with Crippen LogP contribution in [0.4, 0.5) is 0 Å². The third-order valence-electron chi connectivity index (χ3n) is 5.50. The molecule has 0 spiro atoms. The average Bonchev–Trinajstić information content (AvgIpc) is 2.82. The molecule has 1 heterocycles. The molecule has 4 rings (SSSR count). The van der Waals surface area contributed by atoms with Crippen molar-refractivity contribution < 1.29 is 13.9 Å². The monoisotopic (exact) mass is 475 g/mol. The number of benzene rings is 3. The maximum atomic E-state index is 13.3. The number of fused-ring (bicyclic) bond motifs is 1. The molecular weight excluding hydrogens is 450 g/mol. The molecule has 0 aliphatic rings. The predicted octanol–water partition coefficient (Wildman–Crippen LogP) is 6.11. The number of amides is 1. The Balaban J connectivity index is 1.65. The zero-order valence-electron chi connectivity index (χ0n) is 19.4. The molecule has 0 radical (unpaired) electrons. The molecule has 1 amide bonds. The van der Waals surface area contributed by atoms with Gasteiger partial charge in [0.25, 0.3) is 5.91 Å². The third kappa shape index (κ3) is 5.32. The van der Waals surface area contributed by atoms with Crippen molar-refractivity contribution in [2.45, 2.75) is 32.7 Å². The highest BCUT2D eigenvalue weighted by molar-refractivity contribution is 6.31. The van der Waals surface area contributed by atoms with Gasteiger partial charge in [-0.1, -0.05) is 87.0 Å². The maximum absolute atomic E-state index is 13.3.